The van der Waals surface area contributed by atoms with Crippen LogP contribution in [0.5, 0.6) is 0 Å². The molecule has 3 heteroatoms. The van der Waals surface area contributed by atoms with Gasteiger partial charge in [-0.3, -0.25) is 4.79 Å². The van der Waals surface area contributed by atoms with E-state index in [1.807, 2.05) is 12.1 Å². The second-order valence-electron chi connectivity index (χ2n) is 16.7. The number of fused-ring (bicyclic) bond motifs is 5. The highest BCUT2D eigenvalue weighted by Gasteiger charge is 2.73. The van der Waals surface area contributed by atoms with Crippen molar-refractivity contribution in [3.63, 3.8) is 0 Å². The fourth-order valence-corrected chi connectivity index (χ4v) is 12.5. The first-order valence-corrected chi connectivity index (χ1v) is 15.7. The molecule has 4 unspecified atom stereocenters. The fraction of sp³-hybridized carbons (Fsp3) is 0.800. The predicted octanol–water partition coefficient (Wildman–Crippen LogP) is 8.73. The van der Waals surface area contributed by atoms with E-state index < -0.39 is 0 Å². The molecule has 1 saturated heterocycles. The largest absolute Gasteiger partial charge is 0.465 e. The number of ether oxygens (including phenoxy) is 1. The van der Waals surface area contributed by atoms with Crippen LogP contribution in [0.15, 0.2) is 28.4 Å². The summed E-state index contributed by atoms with van der Waals surface area (Å²) in [5, 5.41) is 0. The SMILES string of the molecule is CC1(C)C(=O)/C(=C/c2ccco2)C[C@@]2(C)C1CC[C@]1(C)C2CCC2C3[C@@H]4OC[C@@]3(CCC4(C)C)CC[C@]21C. The van der Waals surface area contributed by atoms with Crippen LogP contribution in [0.1, 0.15) is 112 Å². The third-order valence-corrected chi connectivity index (χ3v) is 14.6. The van der Waals surface area contributed by atoms with Crippen molar-refractivity contribution in [2.75, 3.05) is 6.61 Å². The second kappa shape index (κ2) is 7.68. The summed E-state index contributed by atoms with van der Waals surface area (Å²) in [4.78, 5) is 13.9. The van der Waals surface area contributed by atoms with Gasteiger partial charge < -0.3 is 9.15 Å². The Balaban J connectivity index is 1.29. The minimum Gasteiger partial charge on any atom is -0.465 e. The van der Waals surface area contributed by atoms with Crippen LogP contribution >= 0.6 is 0 Å². The fourth-order valence-electron chi connectivity index (χ4n) is 12.5. The molecule has 3 nitrogen and oxygen atoms in total. The molecule has 0 spiro atoms. The summed E-state index contributed by atoms with van der Waals surface area (Å²) >= 11 is 0. The Labute approximate surface area is 230 Å². The standard InChI is InChI=1S/C35H50O3/c1-30(2)14-16-35-17-15-33(6)24(27(35)29(30)38-21-35)10-11-26-32(5)20-22(19-23-9-8-18-37-23)28(36)31(3,4)25(32)12-13-34(26,33)7/h8-9,18-19,24-27,29H,10-17,20-21H2,1-7H3/b22-19+/t24?,25?,26?,27?,29-,32-,33+,34+,35+/m0/s1. The predicted molar refractivity (Wildman–Crippen MR) is 151 cm³/mol. The van der Waals surface area contributed by atoms with Crippen molar-refractivity contribution in [3.05, 3.63) is 29.7 Å². The maximum absolute atomic E-state index is 13.9. The summed E-state index contributed by atoms with van der Waals surface area (Å²) in [6, 6.07) is 3.91. The van der Waals surface area contributed by atoms with Crippen LogP contribution < -0.4 is 0 Å². The van der Waals surface area contributed by atoms with Gasteiger partial charge in [0, 0.05) is 5.41 Å². The van der Waals surface area contributed by atoms with Gasteiger partial charge in [-0.1, -0.05) is 48.5 Å². The molecule has 0 N–H and O–H groups in total. The van der Waals surface area contributed by atoms with Crippen molar-refractivity contribution < 1.29 is 13.9 Å². The minimum absolute atomic E-state index is 0.132. The highest BCUT2D eigenvalue weighted by atomic mass is 16.5. The van der Waals surface area contributed by atoms with E-state index in [4.69, 9.17) is 9.15 Å². The molecule has 5 aliphatic carbocycles. The third kappa shape index (κ3) is 2.98. The Bertz CT molecular complexity index is 1170. The van der Waals surface area contributed by atoms with Gasteiger partial charge in [-0.15, -0.1) is 0 Å². The number of rotatable bonds is 1. The molecule has 1 aliphatic heterocycles. The van der Waals surface area contributed by atoms with E-state index in [2.05, 4.69) is 54.5 Å². The maximum atomic E-state index is 13.9. The van der Waals surface area contributed by atoms with Gasteiger partial charge in [-0.2, -0.15) is 0 Å². The Morgan fingerprint density at radius 1 is 0.868 bits per heavy atom. The van der Waals surface area contributed by atoms with Gasteiger partial charge in [0.05, 0.1) is 19.0 Å². The Kier molecular flexibility index (Phi) is 5.18. The quantitative estimate of drug-likeness (QED) is 0.349. The zero-order valence-electron chi connectivity index (χ0n) is 25.0. The van der Waals surface area contributed by atoms with Gasteiger partial charge in [0.2, 0.25) is 0 Å². The average molecular weight is 519 g/mol. The molecule has 0 aromatic carbocycles. The number of carbonyl (C=O) groups is 1. The summed E-state index contributed by atoms with van der Waals surface area (Å²) in [6.45, 7) is 18.4. The highest BCUT2D eigenvalue weighted by Crippen LogP contribution is 2.78. The highest BCUT2D eigenvalue weighted by molar-refractivity contribution is 6.04. The Morgan fingerprint density at radius 2 is 1.63 bits per heavy atom. The molecular formula is C35H50O3. The Morgan fingerprint density at radius 3 is 2.37 bits per heavy atom. The van der Waals surface area contributed by atoms with Crippen LogP contribution in [0.4, 0.5) is 0 Å². The molecule has 1 aromatic heterocycles. The van der Waals surface area contributed by atoms with Crippen LogP contribution in [0.3, 0.4) is 0 Å². The summed E-state index contributed by atoms with van der Waals surface area (Å²) in [5.74, 6) is 3.74. The number of hydrogen-bond donors (Lipinski definition) is 0. The van der Waals surface area contributed by atoms with Crippen LogP contribution in [0, 0.1) is 56.2 Å². The lowest BCUT2D eigenvalue weighted by Gasteiger charge is -2.73. The zero-order valence-corrected chi connectivity index (χ0v) is 25.0. The molecule has 1 aromatic rings. The summed E-state index contributed by atoms with van der Waals surface area (Å²) < 4.78 is 12.4. The van der Waals surface area contributed by atoms with E-state index in [9.17, 15) is 4.79 Å². The van der Waals surface area contributed by atoms with E-state index in [1.165, 1.54) is 51.4 Å². The molecule has 0 radical (unpaired) electrons. The molecule has 0 amide bonds. The monoisotopic (exact) mass is 518 g/mol. The van der Waals surface area contributed by atoms with Crippen LogP contribution in [-0.2, 0) is 9.53 Å². The Hall–Kier alpha value is -1.35. The van der Waals surface area contributed by atoms with Gasteiger partial charge >= 0.3 is 0 Å². The zero-order chi connectivity index (χ0) is 26.9. The number of Topliss-reactive ketones (excluding diaryl/α,β-unsaturated/α-hetero) is 1. The number of ketones is 1. The van der Waals surface area contributed by atoms with Crippen molar-refractivity contribution in [3.8, 4) is 0 Å². The molecule has 5 saturated carbocycles. The molecule has 2 bridgehead atoms. The van der Waals surface area contributed by atoms with Gasteiger partial charge in [0.1, 0.15) is 5.76 Å². The van der Waals surface area contributed by atoms with Crippen molar-refractivity contribution in [2.45, 2.75) is 112 Å². The number of allylic oxidation sites excluding steroid dienone is 1. The van der Waals surface area contributed by atoms with Crippen molar-refractivity contribution in [1.82, 2.24) is 0 Å². The lowest BCUT2D eigenvalue weighted by atomic mass is 9.31. The lowest BCUT2D eigenvalue weighted by Crippen LogP contribution is -2.67. The topological polar surface area (TPSA) is 39.4 Å². The first kappa shape index (κ1) is 25.6. The van der Waals surface area contributed by atoms with E-state index in [0.717, 1.165) is 36.2 Å². The van der Waals surface area contributed by atoms with Crippen LogP contribution in [0.25, 0.3) is 6.08 Å². The van der Waals surface area contributed by atoms with Gasteiger partial charge in [0.25, 0.3) is 0 Å². The van der Waals surface area contributed by atoms with Crippen molar-refractivity contribution in [2.24, 2.45) is 56.2 Å². The molecule has 7 rings (SSSR count). The van der Waals surface area contributed by atoms with E-state index in [1.54, 1.807) is 6.26 Å². The smallest absolute Gasteiger partial charge is 0.164 e. The molecule has 6 aliphatic rings. The minimum atomic E-state index is -0.332. The van der Waals surface area contributed by atoms with Crippen molar-refractivity contribution in [1.29, 1.82) is 0 Å². The van der Waals surface area contributed by atoms with Crippen LogP contribution in [0.2, 0.25) is 0 Å². The van der Waals surface area contributed by atoms with Gasteiger partial charge in [-0.05, 0) is 132 Å². The maximum Gasteiger partial charge on any atom is 0.164 e. The lowest BCUT2D eigenvalue weighted by molar-refractivity contribution is -0.236. The molecule has 6 fully saturated rings. The molecule has 208 valence electrons. The number of hydrogen-bond acceptors (Lipinski definition) is 3. The molecule has 9 atom stereocenters. The average Bonchev–Trinajstić information content (AvgIpc) is 3.47. The molecular weight excluding hydrogens is 468 g/mol. The van der Waals surface area contributed by atoms with Gasteiger partial charge in [0.15, 0.2) is 5.78 Å². The number of furan rings is 1. The van der Waals surface area contributed by atoms with Gasteiger partial charge in [-0.25, -0.2) is 0 Å². The van der Waals surface area contributed by atoms with E-state index in [-0.39, 0.29) is 10.8 Å². The van der Waals surface area contributed by atoms with Crippen LogP contribution in [-0.4, -0.2) is 18.5 Å². The first-order valence-electron chi connectivity index (χ1n) is 15.7. The second-order valence-corrected chi connectivity index (χ2v) is 16.7. The summed E-state index contributed by atoms with van der Waals surface area (Å²) in [7, 11) is 0. The normalized spacial score (nSPS) is 51.6. The van der Waals surface area contributed by atoms with E-state index in [0.29, 0.717) is 45.4 Å². The number of carbonyl (C=O) groups excluding carboxylic acids is 1. The first-order chi connectivity index (χ1) is 17.8. The molecule has 2 heterocycles. The third-order valence-electron chi connectivity index (χ3n) is 14.6. The van der Waals surface area contributed by atoms with Crippen molar-refractivity contribution >= 4 is 11.9 Å². The summed E-state index contributed by atoms with van der Waals surface area (Å²) in [5.41, 5.74) is 2.16. The van der Waals surface area contributed by atoms with E-state index >= 15 is 0 Å². The summed E-state index contributed by atoms with van der Waals surface area (Å²) in [6.07, 6.45) is 15.6. The molecule has 38 heavy (non-hydrogen) atoms.